The lowest BCUT2D eigenvalue weighted by molar-refractivity contribution is -0.131. The van der Waals surface area contributed by atoms with E-state index in [4.69, 9.17) is 0 Å². The molecule has 0 bridgehead atoms. The summed E-state index contributed by atoms with van der Waals surface area (Å²) in [5, 5.41) is 2.85. The van der Waals surface area contributed by atoms with Crippen molar-refractivity contribution < 1.29 is 4.79 Å². The summed E-state index contributed by atoms with van der Waals surface area (Å²) in [4.78, 5) is 33.5. The maximum Gasteiger partial charge on any atom is 0.272 e. The minimum absolute atomic E-state index is 0.0865. The molecule has 7 heteroatoms. The maximum atomic E-state index is 12.5. The van der Waals surface area contributed by atoms with Crippen molar-refractivity contribution in [3.63, 3.8) is 0 Å². The van der Waals surface area contributed by atoms with Crippen molar-refractivity contribution in [2.45, 2.75) is 32.1 Å². The average Bonchev–Trinajstić information content (AvgIpc) is 3.24. The summed E-state index contributed by atoms with van der Waals surface area (Å²) in [6, 6.07) is 7.50. The molecule has 1 aliphatic rings. The number of aromatic nitrogens is 3. The highest BCUT2D eigenvalue weighted by atomic mass is 32.1. The average molecular weight is 356 g/mol. The summed E-state index contributed by atoms with van der Waals surface area (Å²) in [5.41, 5.74) is 1.40. The molecule has 1 N–H and O–H groups in total. The van der Waals surface area contributed by atoms with Crippen LogP contribution in [-0.2, 0) is 11.2 Å². The largest absolute Gasteiger partial charge is 0.342 e. The van der Waals surface area contributed by atoms with Crippen molar-refractivity contribution in [2.24, 2.45) is 0 Å². The number of hydrogen-bond donors (Lipinski definition) is 1. The Labute approximate surface area is 149 Å². The van der Waals surface area contributed by atoms with Crippen LogP contribution in [0.1, 0.15) is 34.2 Å². The molecule has 0 atom stereocenters. The van der Waals surface area contributed by atoms with Crippen LogP contribution in [0.25, 0.3) is 5.65 Å². The van der Waals surface area contributed by atoms with Gasteiger partial charge in [0.25, 0.3) is 5.56 Å². The lowest BCUT2D eigenvalue weighted by Gasteiger charge is -2.31. The number of likely N-dealkylation sites (tertiary alicyclic amines) is 1. The van der Waals surface area contributed by atoms with E-state index in [1.54, 1.807) is 29.7 Å². The molecule has 130 valence electrons. The first kappa shape index (κ1) is 16.1. The summed E-state index contributed by atoms with van der Waals surface area (Å²) in [6.45, 7) is 3.51. The van der Waals surface area contributed by atoms with Gasteiger partial charge in [-0.05, 0) is 31.9 Å². The second-order valence-corrected chi connectivity index (χ2v) is 7.89. The van der Waals surface area contributed by atoms with E-state index in [0.29, 0.717) is 12.1 Å². The highest BCUT2D eigenvalue weighted by molar-refractivity contribution is 7.12. The number of thiophene rings is 1. The van der Waals surface area contributed by atoms with Crippen LogP contribution in [0, 0.1) is 6.92 Å². The van der Waals surface area contributed by atoms with E-state index in [1.165, 1.54) is 9.39 Å². The Kier molecular flexibility index (Phi) is 4.17. The second-order valence-electron chi connectivity index (χ2n) is 6.52. The number of aryl methyl sites for hydroxylation is 1. The summed E-state index contributed by atoms with van der Waals surface area (Å²) in [5.74, 6) is 0.426. The minimum atomic E-state index is -0.0865. The number of nitrogens with zero attached hydrogens (tertiary/aromatic N) is 3. The molecule has 0 unspecified atom stereocenters. The number of hydrogen-bond acceptors (Lipinski definition) is 4. The standard InChI is InChI=1S/C18H20N4O2S/c1-12-2-3-14(25-12)10-17(23)21-8-5-13(6-9-21)15-11-18(24)22-16(20-15)4-7-19-22/h2-4,7,11,13,19H,5-6,8-10H2,1H3. The van der Waals surface area contributed by atoms with Crippen molar-refractivity contribution in [1.82, 2.24) is 19.5 Å². The molecule has 1 saturated heterocycles. The Morgan fingerprint density at radius 2 is 2.12 bits per heavy atom. The zero-order valence-corrected chi connectivity index (χ0v) is 14.9. The molecular formula is C18H20N4O2S. The highest BCUT2D eigenvalue weighted by Crippen LogP contribution is 2.27. The molecule has 1 aliphatic heterocycles. The van der Waals surface area contributed by atoms with Crippen LogP contribution in [-0.4, -0.2) is 38.5 Å². The molecule has 0 spiro atoms. The molecule has 0 aromatic carbocycles. The fraction of sp³-hybridized carbons (Fsp3) is 0.389. The van der Waals surface area contributed by atoms with Gasteiger partial charge in [0.05, 0.1) is 12.1 Å². The normalized spacial score (nSPS) is 15.8. The zero-order chi connectivity index (χ0) is 17.4. The van der Waals surface area contributed by atoms with Crippen LogP contribution in [0.2, 0.25) is 0 Å². The summed E-state index contributed by atoms with van der Waals surface area (Å²) in [7, 11) is 0. The van der Waals surface area contributed by atoms with E-state index >= 15 is 0 Å². The Morgan fingerprint density at radius 1 is 1.32 bits per heavy atom. The molecule has 3 aromatic heterocycles. The topological polar surface area (TPSA) is 70.5 Å². The third kappa shape index (κ3) is 3.24. The molecule has 0 aliphatic carbocycles. The molecule has 3 aromatic rings. The van der Waals surface area contributed by atoms with Crippen LogP contribution in [0.3, 0.4) is 0 Å². The number of nitrogens with one attached hydrogen (secondary N) is 1. The molecule has 4 rings (SSSR count). The first-order chi connectivity index (χ1) is 12.1. The zero-order valence-electron chi connectivity index (χ0n) is 14.1. The SMILES string of the molecule is Cc1ccc(CC(=O)N2CCC(c3cc(=O)n4[nH]ccc4n3)CC2)s1. The van der Waals surface area contributed by atoms with Gasteiger partial charge < -0.3 is 4.90 Å². The molecule has 6 nitrogen and oxygen atoms in total. The predicted molar refractivity (Wildman–Crippen MR) is 97.1 cm³/mol. The van der Waals surface area contributed by atoms with Crippen molar-refractivity contribution in [1.29, 1.82) is 0 Å². The Hall–Kier alpha value is -2.41. The van der Waals surface area contributed by atoms with Gasteiger partial charge in [-0.25, -0.2) is 9.50 Å². The van der Waals surface area contributed by atoms with Gasteiger partial charge in [-0.15, -0.1) is 11.3 Å². The number of amides is 1. The summed E-state index contributed by atoms with van der Waals surface area (Å²) >= 11 is 1.68. The van der Waals surface area contributed by atoms with Gasteiger partial charge in [0.2, 0.25) is 5.91 Å². The van der Waals surface area contributed by atoms with E-state index in [2.05, 4.69) is 23.1 Å². The van der Waals surface area contributed by atoms with Gasteiger partial charge in [0, 0.05) is 47.1 Å². The van der Waals surface area contributed by atoms with Gasteiger partial charge in [-0.1, -0.05) is 0 Å². The van der Waals surface area contributed by atoms with Crippen molar-refractivity contribution in [2.75, 3.05) is 13.1 Å². The quantitative estimate of drug-likeness (QED) is 0.783. The van der Waals surface area contributed by atoms with Crippen LogP contribution in [0.5, 0.6) is 0 Å². The Balaban J connectivity index is 1.42. The van der Waals surface area contributed by atoms with Crippen molar-refractivity contribution in [3.05, 3.63) is 56.3 Å². The second kappa shape index (κ2) is 6.48. The Bertz CT molecular complexity index is 963. The van der Waals surface area contributed by atoms with Crippen LogP contribution >= 0.6 is 11.3 Å². The number of rotatable bonds is 3. The third-order valence-electron chi connectivity index (χ3n) is 4.79. The molecule has 0 saturated carbocycles. The van der Waals surface area contributed by atoms with E-state index in [1.807, 2.05) is 11.0 Å². The Morgan fingerprint density at radius 3 is 2.84 bits per heavy atom. The molecule has 1 amide bonds. The molecule has 4 heterocycles. The summed E-state index contributed by atoms with van der Waals surface area (Å²) in [6.07, 6.45) is 3.89. The summed E-state index contributed by atoms with van der Waals surface area (Å²) < 4.78 is 1.44. The first-order valence-electron chi connectivity index (χ1n) is 8.50. The van der Waals surface area contributed by atoms with Gasteiger partial charge in [0.1, 0.15) is 0 Å². The van der Waals surface area contributed by atoms with Crippen molar-refractivity contribution >= 4 is 22.9 Å². The lowest BCUT2D eigenvalue weighted by atomic mass is 9.93. The number of fused-ring (bicyclic) bond motifs is 1. The van der Waals surface area contributed by atoms with Crippen LogP contribution < -0.4 is 5.56 Å². The lowest BCUT2D eigenvalue weighted by Crippen LogP contribution is -2.39. The van der Waals surface area contributed by atoms with E-state index in [-0.39, 0.29) is 17.4 Å². The fourth-order valence-corrected chi connectivity index (χ4v) is 4.30. The predicted octanol–water partition coefficient (Wildman–Crippen LogP) is 2.34. The number of H-pyrrole nitrogens is 1. The van der Waals surface area contributed by atoms with Gasteiger partial charge in [0.15, 0.2) is 5.65 Å². The highest BCUT2D eigenvalue weighted by Gasteiger charge is 2.25. The van der Waals surface area contributed by atoms with Gasteiger partial charge >= 0.3 is 0 Å². The third-order valence-corrected chi connectivity index (χ3v) is 5.79. The van der Waals surface area contributed by atoms with Crippen molar-refractivity contribution in [3.8, 4) is 0 Å². The molecule has 0 radical (unpaired) electrons. The number of carbonyl (C=O) groups is 1. The molecule has 25 heavy (non-hydrogen) atoms. The number of piperidine rings is 1. The fourth-order valence-electron chi connectivity index (χ4n) is 3.42. The van der Waals surface area contributed by atoms with E-state index in [0.717, 1.165) is 36.5 Å². The van der Waals surface area contributed by atoms with Gasteiger partial charge in [-0.2, -0.15) is 0 Å². The first-order valence-corrected chi connectivity index (χ1v) is 9.32. The smallest absolute Gasteiger partial charge is 0.272 e. The molecular weight excluding hydrogens is 336 g/mol. The van der Waals surface area contributed by atoms with Crippen LogP contribution in [0.4, 0.5) is 0 Å². The van der Waals surface area contributed by atoms with Gasteiger partial charge in [-0.3, -0.25) is 14.7 Å². The van der Waals surface area contributed by atoms with E-state index in [9.17, 15) is 9.59 Å². The van der Waals surface area contributed by atoms with Crippen LogP contribution in [0.15, 0.2) is 35.3 Å². The number of aromatic amines is 1. The van der Waals surface area contributed by atoms with E-state index < -0.39 is 0 Å². The molecule has 1 fully saturated rings. The number of carbonyl (C=O) groups excluding carboxylic acids is 1. The minimum Gasteiger partial charge on any atom is -0.342 e. The monoisotopic (exact) mass is 356 g/mol. The maximum absolute atomic E-state index is 12.5.